The molecule has 0 radical (unpaired) electrons. The molecule has 188 valence electrons. The molecule has 3 aromatic rings. The third-order valence-electron chi connectivity index (χ3n) is 6.39. The molecule has 1 amide bonds. The topological polar surface area (TPSA) is 83.1 Å². The second-order valence-electron chi connectivity index (χ2n) is 8.74. The van der Waals surface area contributed by atoms with Crippen molar-refractivity contribution in [1.82, 2.24) is 14.2 Å². The zero-order chi connectivity index (χ0) is 25.2. The van der Waals surface area contributed by atoms with Crippen LogP contribution in [-0.4, -0.2) is 75.4 Å². The first kappa shape index (κ1) is 25.4. The van der Waals surface area contributed by atoms with Gasteiger partial charge in [0.1, 0.15) is 11.3 Å². The van der Waals surface area contributed by atoms with E-state index in [2.05, 4.69) is 11.8 Å². The van der Waals surface area contributed by atoms with Gasteiger partial charge in [-0.1, -0.05) is 30.7 Å². The van der Waals surface area contributed by atoms with Crippen molar-refractivity contribution in [3.05, 3.63) is 47.5 Å². The predicted octanol–water partition coefficient (Wildman–Crippen LogP) is 4.00. The van der Waals surface area contributed by atoms with Crippen molar-refractivity contribution in [2.24, 2.45) is 0 Å². The summed E-state index contributed by atoms with van der Waals surface area (Å²) in [6.45, 7) is 7.08. The van der Waals surface area contributed by atoms with E-state index in [9.17, 15) is 13.2 Å². The number of piperazine rings is 1. The Morgan fingerprint density at radius 2 is 1.80 bits per heavy atom. The van der Waals surface area contributed by atoms with E-state index in [1.807, 2.05) is 24.0 Å². The van der Waals surface area contributed by atoms with Gasteiger partial charge >= 0.3 is 0 Å². The molecular formula is C25H32N4O4S2. The van der Waals surface area contributed by atoms with Crippen LogP contribution in [0.15, 0.2) is 41.3 Å². The Morgan fingerprint density at radius 3 is 2.43 bits per heavy atom. The third-order valence-corrected chi connectivity index (χ3v) is 9.51. The first-order valence-electron chi connectivity index (χ1n) is 11.8. The van der Waals surface area contributed by atoms with Crippen LogP contribution in [0.25, 0.3) is 10.2 Å². The Balaban J connectivity index is 1.41. The molecule has 1 fully saturated rings. The average molecular weight is 517 g/mol. The summed E-state index contributed by atoms with van der Waals surface area (Å²) < 4.78 is 33.4. The number of hydrogen-bond acceptors (Lipinski definition) is 7. The van der Waals surface area contributed by atoms with E-state index in [0.29, 0.717) is 38.3 Å². The van der Waals surface area contributed by atoms with E-state index >= 15 is 0 Å². The molecule has 8 nitrogen and oxygen atoms in total. The molecule has 2 aromatic carbocycles. The van der Waals surface area contributed by atoms with E-state index in [-0.39, 0.29) is 10.8 Å². The van der Waals surface area contributed by atoms with Gasteiger partial charge in [0.15, 0.2) is 5.13 Å². The SMILES string of the molecule is CCCCN(C)S(=O)(=O)c1ccc(C(=O)N2CCN(c3nc4c(OC)ccc(C)c4s3)CC2)cc1. The van der Waals surface area contributed by atoms with E-state index in [1.165, 1.54) is 22.0 Å². The summed E-state index contributed by atoms with van der Waals surface area (Å²) in [7, 11) is -0.306. The second-order valence-corrected chi connectivity index (χ2v) is 11.8. The number of carbonyl (C=O) groups excluding carboxylic acids is 1. The first-order chi connectivity index (χ1) is 16.8. The van der Waals surface area contributed by atoms with E-state index in [4.69, 9.17) is 9.72 Å². The number of amides is 1. The Morgan fingerprint density at radius 1 is 1.11 bits per heavy atom. The van der Waals surface area contributed by atoms with Crippen LogP contribution in [0.3, 0.4) is 0 Å². The summed E-state index contributed by atoms with van der Waals surface area (Å²) >= 11 is 1.65. The number of carbonyl (C=O) groups is 1. The molecule has 0 atom stereocenters. The van der Waals surface area contributed by atoms with Gasteiger partial charge in [0.05, 0.1) is 16.7 Å². The van der Waals surface area contributed by atoms with Gasteiger partial charge in [-0.15, -0.1) is 0 Å². The van der Waals surface area contributed by atoms with Crippen molar-refractivity contribution in [1.29, 1.82) is 0 Å². The zero-order valence-corrected chi connectivity index (χ0v) is 22.3. The number of ether oxygens (including phenoxy) is 1. The number of anilines is 1. The van der Waals surface area contributed by atoms with Gasteiger partial charge in [-0.2, -0.15) is 0 Å². The van der Waals surface area contributed by atoms with Crippen molar-refractivity contribution in [3.8, 4) is 5.75 Å². The highest BCUT2D eigenvalue weighted by Crippen LogP contribution is 2.36. The maximum Gasteiger partial charge on any atom is 0.253 e. The average Bonchev–Trinajstić information content (AvgIpc) is 3.34. The standard InChI is InChI=1S/C25H32N4O4S2/c1-5-6-13-27(3)35(31,32)20-10-8-19(9-11-20)24(30)28-14-16-29(17-15-28)25-26-22-21(33-4)12-7-18(2)23(22)34-25/h7-12H,5-6,13-17H2,1-4H3. The second kappa shape index (κ2) is 10.5. The molecule has 35 heavy (non-hydrogen) atoms. The largest absolute Gasteiger partial charge is 0.494 e. The molecule has 1 aromatic heterocycles. The minimum Gasteiger partial charge on any atom is -0.494 e. The van der Waals surface area contributed by atoms with Gasteiger partial charge in [-0.05, 0) is 49.2 Å². The number of hydrogen-bond donors (Lipinski definition) is 0. The molecule has 0 unspecified atom stereocenters. The molecule has 0 N–H and O–H groups in total. The highest BCUT2D eigenvalue weighted by molar-refractivity contribution is 7.89. The van der Waals surface area contributed by atoms with Crippen molar-refractivity contribution >= 4 is 42.6 Å². The highest BCUT2D eigenvalue weighted by Gasteiger charge is 2.26. The molecule has 0 saturated carbocycles. The Kier molecular flexibility index (Phi) is 7.63. The molecule has 10 heteroatoms. The molecule has 1 saturated heterocycles. The number of unbranched alkanes of at least 4 members (excludes halogenated alkanes) is 1. The number of sulfonamides is 1. The van der Waals surface area contributed by atoms with Crippen LogP contribution in [-0.2, 0) is 10.0 Å². The minimum absolute atomic E-state index is 0.0882. The number of aromatic nitrogens is 1. The fourth-order valence-corrected chi connectivity index (χ4v) is 6.44. The maximum atomic E-state index is 13.1. The normalized spacial score (nSPS) is 14.7. The van der Waals surface area contributed by atoms with Crippen LogP contribution in [0.1, 0.15) is 35.7 Å². The van der Waals surface area contributed by atoms with Crippen LogP contribution in [0.5, 0.6) is 5.75 Å². The number of methoxy groups -OCH3 is 1. The smallest absolute Gasteiger partial charge is 0.253 e. The summed E-state index contributed by atoms with van der Waals surface area (Å²) in [5.74, 6) is 0.679. The van der Waals surface area contributed by atoms with Gasteiger partial charge < -0.3 is 14.5 Å². The van der Waals surface area contributed by atoms with Crippen LogP contribution in [0.2, 0.25) is 0 Å². The Labute approximate surface area is 211 Å². The Hall–Kier alpha value is -2.69. The predicted molar refractivity (Wildman–Crippen MR) is 140 cm³/mol. The number of aryl methyl sites for hydroxylation is 1. The van der Waals surface area contributed by atoms with Crippen LogP contribution in [0, 0.1) is 6.92 Å². The first-order valence-corrected chi connectivity index (χ1v) is 14.1. The number of benzene rings is 2. The van der Waals surface area contributed by atoms with Gasteiger partial charge in [-0.3, -0.25) is 4.79 Å². The molecule has 1 aliphatic heterocycles. The summed E-state index contributed by atoms with van der Waals surface area (Å²) in [6.07, 6.45) is 1.73. The molecule has 4 rings (SSSR count). The summed E-state index contributed by atoms with van der Waals surface area (Å²) in [6, 6.07) is 10.3. The van der Waals surface area contributed by atoms with Crippen LogP contribution >= 0.6 is 11.3 Å². The third kappa shape index (κ3) is 5.14. The van der Waals surface area contributed by atoms with Gasteiger partial charge in [-0.25, -0.2) is 17.7 Å². The number of fused-ring (bicyclic) bond motifs is 1. The molecule has 0 spiro atoms. The zero-order valence-electron chi connectivity index (χ0n) is 20.7. The lowest BCUT2D eigenvalue weighted by Crippen LogP contribution is -2.48. The summed E-state index contributed by atoms with van der Waals surface area (Å²) in [4.78, 5) is 22.1. The Bertz CT molecular complexity index is 1300. The lowest BCUT2D eigenvalue weighted by atomic mass is 10.2. The van der Waals surface area contributed by atoms with Crippen LogP contribution < -0.4 is 9.64 Å². The van der Waals surface area contributed by atoms with E-state index in [0.717, 1.165) is 33.9 Å². The molecule has 1 aliphatic rings. The lowest BCUT2D eigenvalue weighted by molar-refractivity contribution is 0.0746. The molecular weight excluding hydrogens is 484 g/mol. The highest BCUT2D eigenvalue weighted by atomic mass is 32.2. The number of thiazole rings is 1. The van der Waals surface area contributed by atoms with Crippen molar-refractivity contribution < 1.29 is 17.9 Å². The van der Waals surface area contributed by atoms with Gasteiger partial charge in [0.25, 0.3) is 5.91 Å². The summed E-state index contributed by atoms with van der Waals surface area (Å²) in [5, 5.41) is 0.932. The molecule has 2 heterocycles. The van der Waals surface area contributed by atoms with Crippen molar-refractivity contribution in [3.63, 3.8) is 0 Å². The lowest BCUT2D eigenvalue weighted by Gasteiger charge is -2.34. The van der Waals surface area contributed by atoms with E-state index < -0.39 is 10.0 Å². The van der Waals surface area contributed by atoms with Gasteiger partial charge in [0.2, 0.25) is 10.0 Å². The van der Waals surface area contributed by atoms with E-state index in [1.54, 1.807) is 37.6 Å². The van der Waals surface area contributed by atoms with Crippen LogP contribution in [0.4, 0.5) is 5.13 Å². The van der Waals surface area contributed by atoms with Gasteiger partial charge in [0, 0.05) is 45.3 Å². The fourth-order valence-electron chi connectivity index (χ4n) is 4.13. The quantitative estimate of drug-likeness (QED) is 0.450. The number of nitrogens with zero attached hydrogens (tertiary/aromatic N) is 4. The minimum atomic E-state index is -3.55. The molecule has 0 aliphatic carbocycles. The summed E-state index contributed by atoms with van der Waals surface area (Å²) in [5.41, 5.74) is 2.54. The fraction of sp³-hybridized carbons (Fsp3) is 0.440. The monoisotopic (exact) mass is 516 g/mol. The maximum absolute atomic E-state index is 13.1. The van der Waals surface area contributed by atoms with Crippen molar-refractivity contribution in [2.75, 3.05) is 51.8 Å². The number of rotatable bonds is 8. The van der Waals surface area contributed by atoms with Crippen molar-refractivity contribution in [2.45, 2.75) is 31.6 Å². The molecule has 0 bridgehead atoms.